The molecule has 2 rings (SSSR count). The van der Waals surface area contributed by atoms with Crippen LogP contribution in [0, 0.1) is 0 Å². The highest BCUT2D eigenvalue weighted by Gasteiger charge is 2.31. The lowest BCUT2D eigenvalue weighted by atomic mass is 10.1. The number of carboxylic acid groups (broad SMARTS) is 1. The average Bonchev–Trinajstić information content (AvgIpc) is 2.87. The number of carbonyl (C=O) groups is 2. The molecule has 222 valence electrons. The fourth-order valence-electron chi connectivity index (χ4n) is 3.37. The lowest BCUT2D eigenvalue weighted by Crippen LogP contribution is -2.38. The first kappa shape index (κ1) is 32.7. The number of halogens is 6. The number of benzene rings is 2. The summed E-state index contributed by atoms with van der Waals surface area (Å²) in [6.45, 7) is -0.180. The van der Waals surface area contributed by atoms with Gasteiger partial charge in [-0.3, -0.25) is 0 Å². The van der Waals surface area contributed by atoms with Gasteiger partial charge in [0.15, 0.2) is 6.10 Å². The van der Waals surface area contributed by atoms with Crippen molar-refractivity contribution in [2.45, 2.75) is 38.2 Å². The molecule has 14 heteroatoms. The molecular formula is C26H29F6NO7. The number of ether oxygens (including phenoxy) is 4. The zero-order valence-corrected chi connectivity index (χ0v) is 21.5. The number of hydrogen-bond donors (Lipinski definition) is 1. The summed E-state index contributed by atoms with van der Waals surface area (Å²) >= 11 is 0. The molecule has 0 bridgehead atoms. The maximum Gasteiger partial charge on any atom is 0.416 e. The van der Waals surface area contributed by atoms with Gasteiger partial charge in [-0.15, -0.1) is 0 Å². The number of nitrogens with zero attached hydrogens (tertiary/aromatic N) is 1. The molecule has 0 heterocycles. The lowest BCUT2D eigenvalue weighted by molar-refractivity contribution is -0.174. The molecule has 0 fully saturated rings. The first-order valence-corrected chi connectivity index (χ1v) is 12.1. The third-order valence-electron chi connectivity index (χ3n) is 5.22. The van der Waals surface area contributed by atoms with Crippen molar-refractivity contribution in [1.82, 2.24) is 4.90 Å². The van der Waals surface area contributed by atoms with Crippen LogP contribution in [0.1, 0.15) is 24.5 Å². The molecule has 0 aliphatic rings. The van der Waals surface area contributed by atoms with Gasteiger partial charge in [0.2, 0.25) is 0 Å². The van der Waals surface area contributed by atoms with E-state index in [2.05, 4.69) is 4.74 Å². The van der Waals surface area contributed by atoms with E-state index in [1.54, 1.807) is 31.2 Å². The second-order valence-electron chi connectivity index (χ2n) is 8.38. The number of hydrogen-bond acceptors (Lipinski definition) is 6. The van der Waals surface area contributed by atoms with E-state index in [1.165, 1.54) is 0 Å². The SMILES string of the molecule is CCOC(Cc1ccc(OCCN(CCCOCC(F)(F)F)C(=O)Oc2cccc(C(F)(F)F)c2)cc1)C(=O)O. The van der Waals surface area contributed by atoms with Gasteiger partial charge >= 0.3 is 24.4 Å². The van der Waals surface area contributed by atoms with Gasteiger partial charge in [-0.1, -0.05) is 18.2 Å². The Labute approximate surface area is 226 Å². The van der Waals surface area contributed by atoms with E-state index in [4.69, 9.17) is 14.2 Å². The summed E-state index contributed by atoms with van der Waals surface area (Å²) in [4.78, 5) is 25.0. The van der Waals surface area contributed by atoms with Gasteiger partial charge in [-0.05, 0) is 49.2 Å². The molecule has 8 nitrogen and oxygen atoms in total. The molecule has 1 unspecified atom stereocenters. The normalized spacial score (nSPS) is 12.6. The van der Waals surface area contributed by atoms with E-state index in [0.29, 0.717) is 17.4 Å². The Morgan fingerprint density at radius 1 is 0.950 bits per heavy atom. The quantitative estimate of drug-likeness (QED) is 0.217. The smallest absolute Gasteiger partial charge is 0.416 e. The van der Waals surface area contributed by atoms with Crippen molar-refractivity contribution in [1.29, 1.82) is 0 Å². The molecular weight excluding hydrogens is 552 g/mol. The number of rotatable bonds is 15. The molecule has 0 saturated heterocycles. The Kier molecular flexibility index (Phi) is 12.5. The van der Waals surface area contributed by atoms with Gasteiger partial charge in [0.05, 0.1) is 12.1 Å². The minimum absolute atomic E-state index is 0.00690. The topological polar surface area (TPSA) is 94.5 Å². The largest absolute Gasteiger partial charge is 0.492 e. The Balaban J connectivity index is 1.98. The van der Waals surface area contributed by atoms with Crippen LogP contribution in [0.2, 0.25) is 0 Å². The van der Waals surface area contributed by atoms with Crippen LogP contribution >= 0.6 is 0 Å². The zero-order chi connectivity index (χ0) is 29.8. The van der Waals surface area contributed by atoms with Crippen LogP contribution in [-0.2, 0) is 26.9 Å². The average molecular weight is 582 g/mol. The molecule has 0 aliphatic heterocycles. The van der Waals surface area contributed by atoms with E-state index < -0.39 is 42.7 Å². The maximum absolute atomic E-state index is 13.0. The molecule has 40 heavy (non-hydrogen) atoms. The first-order chi connectivity index (χ1) is 18.8. The number of aliphatic carboxylic acids is 1. The van der Waals surface area contributed by atoms with Crippen LogP contribution in [-0.4, -0.2) is 73.9 Å². The molecule has 1 amide bonds. The van der Waals surface area contributed by atoms with Crippen molar-refractivity contribution in [3.05, 3.63) is 59.7 Å². The van der Waals surface area contributed by atoms with Crippen LogP contribution in [0.25, 0.3) is 0 Å². The summed E-state index contributed by atoms with van der Waals surface area (Å²) < 4.78 is 96.1. The van der Waals surface area contributed by atoms with Crippen LogP contribution in [0.3, 0.4) is 0 Å². The number of carbonyl (C=O) groups excluding carboxylic acids is 1. The van der Waals surface area contributed by atoms with E-state index >= 15 is 0 Å². The van der Waals surface area contributed by atoms with Crippen molar-refractivity contribution < 1.29 is 60.0 Å². The highest BCUT2D eigenvalue weighted by Crippen LogP contribution is 2.31. The summed E-state index contributed by atoms with van der Waals surface area (Å²) in [6.07, 6.45) is -11.1. The van der Waals surface area contributed by atoms with Crippen molar-refractivity contribution in [3.63, 3.8) is 0 Å². The van der Waals surface area contributed by atoms with Gasteiger partial charge in [0.25, 0.3) is 0 Å². The van der Waals surface area contributed by atoms with Gasteiger partial charge in [0.1, 0.15) is 24.7 Å². The molecule has 2 aromatic rings. The highest BCUT2D eigenvalue weighted by molar-refractivity contribution is 5.72. The summed E-state index contributed by atoms with van der Waals surface area (Å²) in [5, 5.41) is 9.20. The summed E-state index contributed by atoms with van der Waals surface area (Å²) in [5.74, 6) is -1.07. The second kappa shape index (κ2) is 15.3. The Hall–Kier alpha value is -3.52. The highest BCUT2D eigenvalue weighted by atomic mass is 19.4. The van der Waals surface area contributed by atoms with Gasteiger partial charge < -0.3 is 29.0 Å². The Morgan fingerprint density at radius 3 is 2.25 bits per heavy atom. The third kappa shape index (κ3) is 12.1. The number of alkyl halides is 6. The lowest BCUT2D eigenvalue weighted by Gasteiger charge is -2.22. The maximum atomic E-state index is 13.0. The molecule has 0 radical (unpaired) electrons. The molecule has 1 atom stereocenters. The molecule has 0 spiro atoms. The Morgan fingerprint density at radius 2 is 1.65 bits per heavy atom. The van der Waals surface area contributed by atoms with Crippen LogP contribution in [0.5, 0.6) is 11.5 Å². The van der Waals surface area contributed by atoms with Gasteiger partial charge in [0, 0.05) is 26.2 Å². The molecule has 0 aromatic heterocycles. The predicted molar refractivity (Wildman–Crippen MR) is 129 cm³/mol. The van der Waals surface area contributed by atoms with Crippen molar-refractivity contribution in [2.24, 2.45) is 0 Å². The van der Waals surface area contributed by atoms with Crippen molar-refractivity contribution >= 4 is 12.1 Å². The third-order valence-corrected chi connectivity index (χ3v) is 5.22. The van der Waals surface area contributed by atoms with E-state index in [1.807, 2.05) is 0 Å². The van der Waals surface area contributed by atoms with E-state index in [-0.39, 0.29) is 51.5 Å². The van der Waals surface area contributed by atoms with Crippen molar-refractivity contribution in [3.8, 4) is 11.5 Å². The predicted octanol–water partition coefficient (Wildman–Crippen LogP) is 5.59. The first-order valence-electron chi connectivity index (χ1n) is 12.1. The minimum Gasteiger partial charge on any atom is -0.492 e. The standard InChI is InChI=1S/C26H29F6NO7/c1-2-38-22(23(34)35)15-18-7-9-20(10-8-18)39-14-12-33(11-4-13-37-17-25(27,28)29)24(36)40-21-6-3-5-19(16-21)26(30,31)32/h3,5-10,16,22H,2,4,11-15,17H2,1H3,(H,34,35). The second-order valence-corrected chi connectivity index (χ2v) is 8.38. The monoisotopic (exact) mass is 581 g/mol. The van der Waals surface area contributed by atoms with Gasteiger partial charge in [-0.2, -0.15) is 26.3 Å². The number of amides is 1. The fourth-order valence-corrected chi connectivity index (χ4v) is 3.37. The van der Waals surface area contributed by atoms with Gasteiger partial charge in [-0.25, -0.2) is 9.59 Å². The van der Waals surface area contributed by atoms with E-state index in [9.17, 15) is 41.0 Å². The minimum atomic E-state index is -4.65. The molecule has 0 saturated carbocycles. The summed E-state index contributed by atoms with van der Waals surface area (Å²) in [5.41, 5.74) is -0.342. The van der Waals surface area contributed by atoms with Crippen LogP contribution < -0.4 is 9.47 Å². The van der Waals surface area contributed by atoms with Crippen molar-refractivity contribution in [2.75, 3.05) is 39.5 Å². The Bertz CT molecular complexity index is 1080. The zero-order valence-electron chi connectivity index (χ0n) is 21.5. The molecule has 2 aromatic carbocycles. The van der Waals surface area contributed by atoms with Crippen LogP contribution in [0.15, 0.2) is 48.5 Å². The fraction of sp³-hybridized carbons (Fsp3) is 0.462. The van der Waals surface area contributed by atoms with Crippen LogP contribution in [0.4, 0.5) is 31.1 Å². The molecule has 0 aliphatic carbocycles. The van der Waals surface area contributed by atoms with E-state index in [0.717, 1.165) is 23.1 Å². The summed E-state index contributed by atoms with van der Waals surface area (Å²) in [7, 11) is 0. The summed E-state index contributed by atoms with van der Waals surface area (Å²) in [6, 6.07) is 10.1. The number of carboxylic acids is 1. The molecule has 1 N–H and O–H groups in total.